The zero-order valence-electron chi connectivity index (χ0n) is 11.5. The van der Waals surface area contributed by atoms with Crippen LogP contribution in [0.4, 0.5) is 4.39 Å². The highest BCUT2D eigenvalue weighted by Crippen LogP contribution is 2.39. The van der Waals surface area contributed by atoms with Gasteiger partial charge < -0.3 is 10.1 Å². The fraction of sp³-hybridized carbons (Fsp3) is 0.533. The summed E-state index contributed by atoms with van der Waals surface area (Å²) in [7, 11) is 2.16. The largest absolute Gasteiger partial charge is 0.411 e. The number of nitrogens with zero attached hydrogens (tertiary/aromatic N) is 2. The Balaban J connectivity index is 0.00000147. The Morgan fingerprint density at radius 3 is 2.40 bits per heavy atom. The Morgan fingerprint density at radius 2 is 1.85 bits per heavy atom. The lowest BCUT2D eigenvalue weighted by molar-refractivity contribution is 0.156. The van der Waals surface area contributed by atoms with Gasteiger partial charge in [0.1, 0.15) is 5.82 Å². The third-order valence-electron chi connectivity index (χ3n) is 4.74. The van der Waals surface area contributed by atoms with Crippen molar-refractivity contribution in [2.24, 2.45) is 11.1 Å². The molecule has 0 radical (unpaired) electrons. The summed E-state index contributed by atoms with van der Waals surface area (Å²) < 4.78 is 13.9. The molecule has 2 aliphatic rings. The molecule has 1 N–H and O–H groups in total. The lowest BCUT2D eigenvalue weighted by atomic mass is 9.84. The molecule has 3 rings (SSSR count). The van der Waals surface area contributed by atoms with Crippen molar-refractivity contribution in [3.05, 3.63) is 35.6 Å². The SMILES string of the molecule is CN1C2CCC1CC(C(=NO)c1ccccc1F)C2.Cl. The monoisotopic (exact) mass is 298 g/mol. The molecule has 0 aromatic heterocycles. The third-order valence-corrected chi connectivity index (χ3v) is 4.74. The quantitative estimate of drug-likeness (QED) is 0.516. The Labute approximate surface area is 124 Å². The smallest absolute Gasteiger partial charge is 0.132 e. The molecule has 3 nitrogen and oxygen atoms in total. The van der Waals surface area contributed by atoms with Crippen molar-refractivity contribution in [1.29, 1.82) is 0 Å². The number of piperidine rings is 1. The summed E-state index contributed by atoms with van der Waals surface area (Å²) >= 11 is 0. The first-order valence-corrected chi connectivity index (χ1v) is 6.89. The summed E-state index contributed by atoms with van der Waals surface area (Å²) in [4.78, 5) is 2.42. The van der Waals surface area contributed by atoms with Crippen LogP contribution >= 0.6 is 12.4 Å². The highest BCUT2D eigenvalue weighted by molar-refractivity contribution is 6.02. The number of hydrogen-bond donors (Lipinski definition) is 1. The van der Waals surface area contributed by atoms with E-state index in [-0.39, 0.29) is 24.1 Å². The molecule has 1 aromatic rings. The van der Waals surface area contributed by atoms with Crippen molar-refractivity contribution in [3.8, 4) is 0 Å². The molecule has 0 saturated carbocycles. The molecule has 2 bridgehead atoms. The molecule has 0 amide bonds. The maximum absolute atomic E-state index is 13.9. The van der Waals surface area contributed by atoms with Gasteiger partial charge in [0, 0.05) is 23.6 Å². The standard InChI is InChI=1S/C15H19FN2O.ClH/c1-18-11-6-7-12(18)9-10(8-11)15(17-19)13-4-2-3-5-14(13)16;/h2-5,10-12,19H,6-9H2,1H3;1H. The number of hydrogen-bond acceptors (Lipinski definition) is 3. The second-order valence-electron chi connectivity index (χ2n) is 5.68. The van der Waals surface area contributed by atoms with Crippen LogP contribution in [0.25, 0.3) is 0 Å². The predicted octanol–water partition coefficient (Wildman–Crippen LogP) is 3.30. The lowest BCUT2D eigenvalue weighted by Gasteiger charge is -2.36. The maximum atomic E-state index is 13.9. The number of halogens is 2. The van der Waals surface area contributed by atoms with Crippen LogP contribution in [-0.4, -0.2) is 35.0 Å². The van der Waals surface area contributed by atoms with E-state index in [1.807, 2.05) is 0 Å². The summed E-state index contributed by atoms with van der Waals surface area (Å²) in [6.07, 6.45) is 4.32. The maximum Gasteiger partial charge on any atom is 0.132 e. The van der Waals surface area contributed by atoms with Gasteiger partial charge in [-0.05, 0) is 38.8 Å². The predicted molar refractivity (Wildman–Crippen MR) is 79.3 cm³/mol. The molecule has 2 unspecified atom stereocenters. The van der Waals surface area contributed by atoms with Crippen LogP contribution in [0.1, 0.15) is 31.2 Å². The summed E-state index contributed by atoms with van der Waals surface area (Å²) in [5, 5.41) is 12.7. The van der Waals surface area contributed by atoms with Crippen LogP contribution in [0.5, 0.6) is 0 Å². The average Bonchev–Trinajstić information content (AvgIpc) is 2.65. The van der Waals surface area contributed by atoms with Gasteiger partial charge in [0.05, 0.1) is 5.71 Å². The topological polar surface area (TPSA) is 35.8 Å². The normalized spacial score (nSPS) is 30.1. The van der Waals surface area contributed by atoms with E-state index in [0.717, 1.165) is 12.8 Å². The number of benzene rings is 1. The van der Waals surface area contributed by atoms with Gasteiger partial charge in [0.25, 0.3) is 0 Å². The zero-order valence-corrected chi connectivity index (χ0v) is 12.3. The Morgan fingerprint density at radius 1 is 1.25 bits per heavy atom. The molecular formula is C15H20ClFN2O. The van der Waals surface area contributed by atoms with Gasteiger partial charge in [-0.3, -0.25) is 0 Å². The molecule has 2 fully saturated rings. The third kappa shape index (κ3) is 2.54. The van der Waals surface area contributed by atoms with E-state index in [2.05, 4.69) is 17.1 Å². The molecule has 1 aromatic carbocycles. The van der Waals surface area contributed by atoms with Crippen molar-refractivity contribution in [2.75, 3.05) is 7.05 Å². The van der Waals surface area contributed by atoms with Crippen molar-refractivity contribution in [3.63, 3.8) is 0 Å². The minimum Gasteiger partial charge on any atom is -0.411 e. The van der Waals surface area contributed by atoms with Gasteiger partial charge in [-0.25, -0.2) is 4.39 Å². The van der Waals surface area contributed by atoms with E-state index in [4.69, 9.17) is 0 Å². The molecule has 0 spiro atoms. The van der Waals surface area contributed by atoms with E-state index >= 15 is 0 Å². The van der Waals surface area contributed by atoms with Crippen LogP contribution < -0.4 is 0 Å². The molecular weight excluding hydrogens is 279 g/mol. The van der Waals surface area contributed by atoms with E-state index in [0.29, 0.717) is 23.4 Å². The Hall–Kier alpha value is -1.13. The average molecular weight is 299 g/mol. The van der Waals surface area contributed by atoms with Gasteiger partial charge in [-0.1, -0.05) is 23.4 Å². The second-order valence-corrected chi connectivity index (χ2v) is 5.68. The second kappa shape index (κ2) is 6.10. The fourth-order valence-corrected chi connectivity index (χ4v) is 3.66. The molecule has 2 heterocycles. The fourth-order valence-electron chi connectivity index (χ4n) is 3.66. The minimum atomic E-state index is -0.304. The molecule has 2 atom stereocenters. The van der Waals surface area contributed by atoms with Crippen LogP contribution in [0.3, 0.4) is 0 Å². The zero-order chi connectivity index (χ0) is 13.4. The van der Waals surface area contributed by atoms with Crippen molar-refractivity contribution < 1.29 is 9.60 Å². The van der Waals surface area contributed by atoms with E-state index in [1.54, 1.807) is 18.2 Å². The molecule has 5 heteroatoms. The van der Waals surface area contributed by atoms with Gasteiger partial charge >= 0.3 is 0 Å². The van der Waals surface area contributed by atoms with Gasteiger partial charge in [-0.2, -0.15) is 0 Å². The molecule has 20 heavy (non-hydrogen) atoms. The summed E-state index contributed by atoms with van der Waals surface area (Å²) in [5.41, 5.74) is 0.960. The van der Waals surface area contributed by atoms with Crippen molar-refractivity contribution in [1.82, 2.24) is 4.90 Å². The van der Waals surface area contributed by atoms with E-state index < -0.39 is 0 Å². The number of rotatable bonds is 2. The summed E-state index contributed by atoms with van der Waals surface area (Å²) in [6.45, 7) is 0. The number of fused-ring (bicyclic) bond motifs is 2. The van der Waals surface area contributed by atoms with Crippen LogP contribution in [0.2, 0.25) is 0 Å². The van der Waals surface area contributed by atoms with E-state index in [1.165, 1.54) is 18.9 Å². The van der Waals surface area contributed by atoms with Crippen LogP contribution in [0, 0.1) is 11.7 Å². The highest BCUT2D eigenvalue weighted by Gasteiger charge is 2.40. The number of oxime groups is 1. The van der Waals surface area contributed by atoms with Crippen LogP contribution in [0.15, 0.2) is 29.4 Å². The van der Waals surface area contributed by atoms with E-state index in [9.17, 15) is 9.60 Å². The first-order valence-electron chi connectivity index (χ1n) is 6.89. The van der Waals surface area contributed by atoms with Gasteiger partial charge in [0.15, 0.2) is 0 Å². The molecule has 2 aliphatic heterocycles. The molecule has 110 valence electrons. The van der Waals surface area contributed by atoms with Crippen molar-refractivity contribution >= 4 is 18.1 Å². The van der Waals surface area contributed by atoms with Gasteiger partial charge in [-0.15, -0.1) is 12.4 Å². The lowest BCUT2D eigenvalue weighted by Crippen LogP contribution is -2.42. The first kappa shape index (κ1) is 15.3. The van der Waals surface area contributed by atoms with Crippen LogP contribution in [-0.2, 0) is 0 Å². The first-order chi connectivity index (χ1) is 9.20. The van der Waals surface area contributed by atoms with Crippen molar-refractivity contribution in [2.45, 2.75) is 37.8 Å². The molecule has 0 aliphatic carbocycles. The van der Waals surface area contributed by atoms with Gasteiger partial charge in [0.2, 0.25) is 0 Å². The minimum absolute atomic E-state index is 0. The highest BCUT2D eigenvalue weighted by atomic mass is 35.5. The Bertz CT molecular complexity index is 494. The summed E-state index contributed by atoms with van der Waals surface area (Å²) in [5.74, 6) is -0.142. The summed E-state index contributed by atoms with van der Waals surface area (Å²) in [6, 6.07) is 7.66. The Kier molecular flexibility index (Phi) is 4.66. The molecule has 2 saturated heterocycles.